The molecule has 6 heteroatoms. The molecular formula is C17H20N2O3S. The molecule has 0 saturated heterocycles. The third-order valence-corrected chi connectivity index (χ3v) is 4.47. The average molecular weight is 332 g/mol. The number of amides is 1. The van der Waals surface area contributed by atoms with Gasteiger partial charge >= 0.3 is 5.97 Å². The number of anilines is 1. The molecule has 0 fully saturated rings. The molecular weight excluding hydrogens is 312 g/mol. The van der Waals surface area contributed by atoms with Crippen LogP contribution in [0.4, 0.5) is 5.13 Å². The molecule has 0 saturated carbocycles. The van der Waals surface area contributed by atoms with Crippen LogP contribution in [0.5, 0.6) is 0 Å². The van der Waals surface area contributed by atoms with E-state index < -0.39 is 5.97 Å². The Labute approximate surface area is 139 Å². The van der Waals surface area contributed by atoms with Crippen molar-refractivity contribution in [2.24, 2.45) is 0 Å². The molecule has 5 nitrogen and oxygen atoms in total. The number of benzene rings is 1. The minimum atomic E-state index is -0.405. The van der Waals surface area contributed by atoms with Crippen molar-refractivity contribution in [3.05, 3.63) is 46.5 Å². The molecule has 23 heavy (non-hydrogen) atoms. The molecule has 0 aliphatic rings. The third kappa shape index (κ3) is 4.16. The van der Waals surface area contributed by atoms with E-state index in [4.69, 9.17) is 4.74 Å². The first-order chi connectivity index (χ1) is 11.1. The number of ether oxygens (including phenoxy) is 1. The fourth-order valence-corrected chi connectivity index (χ4v) is 3.15. The van der Waals surface area contributed by atoms with Crippen molar-refractivity contribution in [1.29, 1.82) is 0 Å². The minimum Gasteiger partial charge on any atom is -0.462 e. The standard InChI is InChI=1S/C17H20N2O3S/c1-4-13(12-9-7-6-8-10-12)15(20)19-17-18-11(3)14(23-17)16(21)22-5-2/h6-10,13H,4-5H2,1-3H3,(H,18,19,20)/t13-/m1/s1. The summed E-state index contributed by atoms with van der Waals surface area (Å²) in [6, 6.07) is 9.62. The molecule has 0 aliphatic heterocycles. The van der Waals surface area contributed by atoms with Gasteiger partial charge in [0.15, 0.2) is 5.13 Å². The quantitative estimate of drug-likeness (QED) is 0.818. The van der Waals surface area contributed by atoms with Gasteiger partial charge in [-0.2, -0.15) is 0 Å². The normalized spacial score (nSPS) is 11.8. The molecule has 0 aliphatic carbocycles. The van der Waals surface area contributed by atoms with Gasteiger partial charge in [0.25, 0.3) is 0 Å². The number of carbonyl (C=O) groups is 2. The molecule has 1 N–H and O–H groups in total. The lowest BCUT2D eigenvalue weighted by atomic mass is 9.96. The van der Waals surface area contributed by atoms with Crippen LogP contribution in [0.25, 0.3) is 0 Å². The Morgan fingerprint density at radius 3 is 2.57 bits per heavy atom. The van der Waals surface area contributed by atoms with E-state index in [9.17, 15) is 9.59 Å². The molecule has 0 spiro atoms. The number of aryl methyl sites for hydroxylation is 1. The minimum absolute atomic E-state index is 0.122. The van der Waals surface area contributed by atoms with Crippen LogP contribution in [0.15, 0.2) is 30.3 Å². The Morgan fingerprint density at radius 1 is 1.26 bits per heavy atom. The Kier molecular flexibility index (Phi) is 5.87. The summed E-state index contributed by atoms with van der Waals surface area (Å²) in [6.07, 6.45) is 0.685. The fourth-order valence-electron chi connectivity index (χ4n) is 2.29. The molecule has 1 amide bonds. The van der Waals surface area contributed by atoms with Gasteiger partial charge in [0.1, 0.15) is 4.88 Å². The molecule has 2 rings (SSSR count). The first-order valence-electron chi connectivity index (χ1n) is 7.57. The van der Waals surface area contributed by atoms with Crippen LogP contribution in [0, 0.1) is 6.92 Å². The average Bonchev–Trinajstić information content (AvgIpc) is 2.90. The monoisotopic (exact) mass is 332 g/mol. The predicted molar refractivity (Wildman–Crippen MR) is 90.9 cm³/mol. The van der Waals surface area contributed by atoms with Crippen molar-refractivity contribution in [2.75, 3.05) is 11.9 Å². The Balaban J connectivity index is 2.13. The Morgan fingerprint density at radius 2 is 1.96 bits per heavy atom. The van der Waals surface area contributed by atoms with Gasteiger partial charge in [-0.05, 0) is 25.8 Å². The van der Waals surface area contributed by atoms with Gasteiger partial charge < -0.3 is 10.1 Å². The van der Waals surface area contributed by atoms with Crippen molar-refractivity contribution in [1.82, 2.24) is 4.98 Å². The van der Waals surface area contributed by atoms with Gasteiger partial charge in [0, 0.05) is 0 Å². The number of esters is 1. The first-order valence-corrected chi connectivity index (χ1v) is 8.38. The van der Waals surface area contributed by atoms with Gasteiger partial charge in [-0.15, -0.1) is 0 Å². The second-order valence-corrected chi connectivity index (χ2v) is 6.01. The second kappa shape index (κ2) is 7.87. The number of nitrogens with zero attached hydrogens (tertiary/aromatic N) is 1. The number of aromatic nitrogens is 1. The van der Waals surface area contributed by atoms with Gasteiger partial charge in [-0.3, -0.25) is 4.79 Å². The summed E-state index contributed by atoms with van der Waals surface area (Å²) in [7, 11) is 0. The zero-order valence-electron chi connectivity index (χ0n) is 13.5. The summed E-state index contributed by atoms with van der Waals surface area (Å²) < 4.78 is 4.98. The van der Waals surface area contributed by atoms with E-state index in [1.807, 2.05) is 37.3 Å². The van der Waals surface area contributed by atoms with Crippen LogP contribution < -0.4 is 5.32 Å². The first kappa shape index (κ1) is 17.1. The number of thiazole rings is 1. The lowest BCUT2D eigenvalue weighted by Gasteiger charge is -2.13. The maximum atomic E-state index is 12.5. The van der Waals surface area contributed by atoms with Crippen LogP contribution in [-0.2, 0) is 9.53 Å². The van der Waals surface area contributed by atoms with E-state index in [0.717, 1.165) is 16.9 Å². The highest BCUT2D eigenvalue weighted by Gasteiger charge is 2.22. The van der Waals surface area contributed by atoms with E-state index in [1.54, 1.807) is 13.8 Å². The number of rotatable bonds is 6. The van der Waals surface area contributed by atoms with Crippen molar-refractivity contribution < 1.29 is 14.3 Å². The Bertz CT molecular complexity index is 682. The van der Waals surface area contributed by atoms with E-state index in [1.165, 1.54) is 0 Å². The van der Waals surface area contributed by atoms with Crippen LogP contribution >= 0.6 is 11.3 Å². The van der Waals surface area contributed by atoms with Crippen molar-refractivity contribution >= 4 is 28.3 Å². The maximum absolute atomic E-state index is 12.5. The molecule has 1 heterocycles. The fraction of sp³-hybridized carbons (Fsp3) is 0.353. The van der Waals surface area contributed by atoms with Gasteiger partial charge in [0.05, 0.1) is 18.2 Å². The number of hydrogen-bond acceptors (Lipinski definition) is 5. The van der Waals surface area contributed by atoms with Crippen LogP contribution in [0.2, 0.25) is 0 Å². The molecule has 122 valence electrons. The van der Waals surface area contributed by atoms with Gasteiger partial charge in [-0.25, -0.2) is 9.78 Å². The molecule has 0 unspecified atom stereocenters. The molecule has 1 atom stereocenters. The zero-order chi connectivity index (χ0) is 16.8. The van der Waals surface area contributed by atoms with Crippen LogP contribution in [0.3, 0.4) is 0 Å². The zero-order valence-corrected chi connectivity index (χ0v) is 14.3. The molecule has 2 aromatic rings. The lowest BCUT2D eigenvalue weighted by Crippen LogP contribution is -2.20. The smallest absolute Gasteiger partial charge is 0.350 e. The number of nitrogens with one attached hydrogen (secondary N) is 1. The highest BCUT2D eigenvalue weighted by atomic mass is 32.1. The van der Waals surface area contributed by atoms with Gasteiger partial charge in [0.2, 0.25) is 5.91 Å². The summed E-state index contributed by atoms with van der Waals surface area (Å²) in [5.41, 5.74) is 1.53. The third-order valence-electron chi connectivity index (χ3n) is 3.41. The lowest BCUT2D eigenvalue weighted by molar-refractivity contribution is -0.117. The summed E-state index contributed by atoms with van der Waals surface area (Å²) in [6.45, 7) is 5.76. The van der Waals surface area contributed by atoms with E-state index in [2.05, 4.69) is 10.3 Å². The second-order valence-electron chi connectivity index (χ2n) is 5.01. The Hall–Kier alpha value is -2.21. The van der Waals surface area contributed by atoms with E-state index in [-0.39, 0.29) is 11.8 Å². The van der Waals surface area contributed by atoms with Crippen LogP contribution in [0.1, 0.15) is 47.1 Å². The SMILES string of the molecule is CCOC(=O)c1sc(NC(=O)[C@H](CC)c2ccccc2)nc1C. The highest BCUT2D eigenvalue weighted by Crippen LogP contribution is 2.26. The van der Waals surface area contributed by atoms with Crippen LogP contribution in [-0.4, -0.2) is 23.5 Å². The van der Waals surface area contributed by atoms with Gasteiger partial charge in [-0.1, -0.05) is 48.6 Å². The van der Waals surface area contributed by atoms with Crippen molar-refractivity contribution in [3.8, 4) is 0 Å². The summed E-state index contributed by atoms with van der Waals surface area (Å²) in [4.78, 5) is 29.0. The molecule has 1 aromatic heterocycles. The summed E-state index contributed by atoms with van der Waals surface area (Å²) in [5.74, 6) is -0.771. The molecule has 0 bridgehead atoms. The van der Waals surface area contributed by atoms with E-state index >= 15 is 0 Å². The highest BCUT2D eigenvalue weighted by molar-refractivity contribution is 7.17. The molecule has 1 aromatic carbocycles. The van der Waals surface area contributed by atoms with Crippen molar-refractivity contribution in [2.45, 2.75) is 33.1 Å². The largest absolute Gasteiger partial charge is 0.462 e. The van der Waals surface area contributed by atoms with Crippen molar-refractivity contribution in [3.63, 3.8) is 0 Å². The number of carbonyl (C=O) groups excluding carboxylic acids is 2. The summed E-state index contributed by atoms with van der Waals surface area (Å²) >= 11 is 1.14. The molecule has 0 radical (unpaired) electrons. The predicted octanol–water partition coefficient (Wildman–Crippen LogP) is 3.76. The maximum Gasteiger partial charge on any atom is 0.350 e. The van der Waals surface area contributed by atoms with E-state index in [0.29, 0.717) is 28.7 Å². The number of hydrogen-bond donors (Lipinski definition) is 1. The summed E-state index contributed by atoms with van der Waals surface area (Å²) in [5, 5.41) is 3.23. The topological polar surface area (TPSA) is 68.3 Å².